The molecule has 1 heterocycles. The van der Waals surface area contributed by atoms with Gasteiger partial charge in [-0.05, 0) is 18.1 Å². The van der Waals surface area contributed by atoms with Crippen molar-refractivity contribution in [2.45, 2.75) is 12.8 Å². The summed E-state index contributed by atoms with van der Waals surface area (Å²) in [5, 5.41) is 8.51. The van der Waals surface area contributed by atoms with Gasteiger partial charge in [0.15, 0.2) is 0 Å². The summed E-state index contributed by atoms with van der Waals surface area (Å²) >= 11 is 0. The molecule has 0 aliphatic carbocycles. The van der Waals surface area contributed by atoms with Gasteiger partial charge in [0.05, 0.1) is 0 Å². The molecule has 1 aromatic heterocycles. The molecule has 4 heteroatoms. The molecule has 96 valence electrons. The molecule has 2 rings (SSSR count). The number of aliphatic carboxylic acids is 1. The van der Waals surface area contributed by atoms with E-state index in [4.69, 9.17) is 5.11 Å². The Bertz CT molecular complexity index is 562. The maximum Gasteiger partial charge on any atom is 0.328 e. The first-order valence-corrected chi connectivity index (χ1v) is 6.00. The lowest BCUT2D eigenvalue weighted by Crippen LogP contribution is -1.98. The van der Waals surface area contributed by atoms with Gasteiger partial charge in [-0.3, -0.25) is 0 Å². The standard InChI is InChI=1S/C15H14N2O2/c18-15(19)9-7-13-10-16-14(17-11-13)8-6-12-4-2-1-3-5-12/h1-5,7,9-11H,6,8H2,(H,18,19)/b9-7+. The zero-order valence-electron chi connectivity index (χ0n) is 10.4. The Morgan fingerprint density at radius 3 is 2.42 bits per heavy atom. The molecule has 0 bridgehead atoms. The van der Waals surface area contributed by atoms with Crippen LogP contribution in [0.3, 0.4) is 0 Å². The van der Waals surface area contributed by atoms with E-state index in [-0.39, 0.29) is 0 Å². The average molecular weight is 254 g/mol. The highest BCUT2D eigenvalue weighted by molar-refractivity contribution is 5.85. The van der Waals surface area contributed by atoms with Crippen LogP contribution >= 0.6 is 0 Å². The Kier molecular flexibility index (Phi) is 4.39. The summed E-state index contributed by atoms with van der Waals surface area (Å²) in [6.07, 6.45) is 7.48. The number of aryl methyl sites for hydroxylation is 2. The minimum atomic E-state index is -0.979. The Labute approximate surface area is 111 Å². The van der Waals surface area contributed by atoms with E-state index in [9.17, 15) is 4.79 Å². The lowest BCUT2D eigenvalue weighted by Gasteiger charge is -2.01. The summed E-state index contributed by atoms with van der Waals surface area (Å²) in [7, 11) is 0. The molecular weight excluding hydrogens is 240 g/mol. The predicted octanol–water partition coefficient (Wildman–Crippen LogP) is 2.36. The van der Waals surface area contributed by atoms with Gasteiger partial charge in [-0.1, -0.05) is 30.3 Å². The molecule has 19 heavy (non-hydrogen) atoms. The van der Waals surface area contributed by atoms with Gasteiger partial charge in [-0.25, -0.2) is 14.8 Å². The highest BCUT2D eigenvalue weighted by Crippen LogP contribution is 2.05. The van der Waals surface area contributed by atoms with Gasteiger partial charge in [-0.15, -0.1) is 0 Å². The molecule has 0 atom stereocenters. The van der Waals surface area contributed by atoms with Crippen LogP contribution in [-0.4, -0.2) is 21.0 Å². The summed E-state index contributed by atoms with van der Waals surface area (Å²) < 4.78 is 0. The van der Waals surface area contributed by atoms with E-state index in [1.165, 1.54) is 11.6 Å². The highest BCUT2D eigenvalue weighted by Gasteiger charge is 1.98. The van der Waals surface area contributed by atoms with Crippen molar-refractivity contribution in [1.82, 2.24) is 9.97 Å². The number of carboxylic acids is 1. The largest absolute Gasteiger partial charge is 0.478 e. The van der Waals surface area contributed by atoms with Gasteiger partial charge in [0.25, 0.3) is 0 Å². The normalized spacial score (nSPS) is 10.7. The molecule has 0 amide bonds. The molecule has 0 saturated heterocycles. The summed E-state index contributed by atoms with van der Waals surface area (Å²) in [4.78, 5) is 18.8. The SMILES string of the molecule is O=C(O)/C=C/c1cnc(CCc2ccccc2)nc1. The molecule has 0 aliphatic rings. The van der Waals surface area contributed by atoms with Crippen LogP contribution in [0.15, 0.2) is 48.8 Å². The number of rotatable bonds is 5. The van der Waals surface area contributed by atoms with Crippen LogP contribution in [0.2, 0.25) is 0 Å². The fourth-order valence-electron chi connectivity index (χ4n) is 1.65. The van der Waals surface area contributed by atoms with Gasteiger partial charge in [-0.2, -0.15) is 0 Å². The van der Waals surface area contributed by atoms with Crippen LogP contribution in [0.1, 0.15) is 17.0 Å². The minimum absolute atomic E-state index is 0.686. The summed E-state index contributed by atoms with van der Waals surface area (Å²) in [6, 6.07) is 10.2. The fraction of sp³-hybridized carbons (Fsp3) is 0.133. The van der Waals surface area contributed by atoms with Crippen molar-refractivity contribution in [3.63, 3.8) is 0 Å². The summed E-state index contributed by atoms with van der Waals surface area (Å²) in [6.45, 7) is 0. The topological polar surface area (TPSA) is 63.1 Å². The minimum Gasteiger partial charge on any atom is -0.478 e. The number of hydrogen-bond acceptors (Lipinski definition) is 3. The Morgan fingerprint density at radius 1 is 1.11 bits per heavy atom. The molecule has 0 unspecified atom stereocenters. The van der Waals surface area contributed by atoms with Crippen LogP contribution in [-0.2, 0) is 17.6 Å². The quantitative estimate of drug-likeness (QED) is 0.832. The Morgan fingerprint density at radius 2 is 1.79 bits per heavy atom. The van der Waals surface area contributed by atoms with E-state index in [2.05, 4.69) is 22.1 Å². The van der Waals surface area contributed by atoms with Gasteiger partial charge in [0, 0.05) is 30.5 Å². The number of carboxylic acid groups (broad SMARTS) is 1. The summed E-state index contributed by atoms with van der Waals surface area (Å²) in [5.74, 6) is -0.218. The predicted molar refractivity (Wildman–Crippen MR) is 72.6 cm³/mol. The number of hydrogen-bond donors (Lipinski definition) is 1. The van der Waals surface area contributed by atoms with E-state index in [0.29, 0.717) is 5.56 Å². The number of aromatic nitrogens is 2. The summed E-state index contributed by atoms with van der Waals surface area (Å²) in [5.41, 5.74) is 1.94. The number of benzene rings is 1. The average Bonchev–Trinajstić information content (AvgIpc) is 2.45. The highest BCUT2D eigenvalue weighted by atomic mass is 16.4. The molecule has 0 aliphatic heterocycles. The van der Waals surface area contributed by atoms with E-state index < -0.39 is 5.97 Å². The van der Waals surface area contributed by atoms with Crippen molar-refractivity contribution in [1.29, 1.82) is 0 Å². The van der Waals surface area contributed by atoms with Crippen molar-refractivity contribution in [2.75, 3.05) is 0 Å². The molecule has 0 saturated carbocycles. The van der Waals surface area contributed by atoms with Crippen molar-refractivity contribution in [2.24, 2.45) is 0 Å². The Balaban J connectivity index is 1.94. The van der Waals surface area contributed by atoms with Crippen molar-refractivity contribution < 1.29 is 9.90 Å². The second-order valence-corrected chi connectivity index (χ2v) is 4.09. The fourth-order valence-corrected chi connectivity index (χ4v) is 1.65. The first-order chi connectivity index (χ1) is 9.24. The van der Waals surface area contributed by atoms with Crippen molar-refractivity contribution >= 4 is 12.0 Å². The molecule has 0 spiro atoms. The molecule has 0 radical (unpaired) electrons. The maximum absolute atomic E-state index is 10.4. The van der Waals surface area contributed by atoms with Crippen LogP contribution in [0.25, 0.3) is 6.08 Å². The molecule has 1 aromatic carbocycles. The van der Waals surface area contributed by atoms with E-state index >= 15 is 0 Å². The van der Waals surface area contributed by atoms with Gasteiger partial charge >= 0.3 is 5.97 Å². The maximum atomic E-state index is 10.4. The number of nitrogens with zero attached hydrogens (tertiary/aromatic N) is 2. The van der Waals surface area contributed by atoms with Gasteiger partial charge in [0.2, 0.25) is 0 Å². The van der Waals surface area contributed by atoms with Crippen LogP contribution < -0.4 is 0 Å². The lowest BCUT2D eigenvalue weighted by atomic mass is 10.1. The van der Waals surface area contributed by atoms with Gasteiger partial charge in [0.1, 0.15) is 5.82 Å². The third-order valence-electron chi connectivity index (χ3n) is 2.62. The van der Waals surface area contributed by atoms with E-state index in [0.717, 1.165) is 24.7 Å². The number of carbonyl (C=O) groups is 1. The van der Waals surface area contributed by atoms with Crippen molar-refractivity contribution in [3.05, 3.63) is 65.8 Å². The molecule has 0 fully saturated rings. The van der Waals surface area contributed by atoms with E-state index in [1.54, 1.807) is 12.4 Å². The monoisotopic (exact) mass is 254 g/mol. The second-order valence-electron chi connectivity index (χ2n) is 4.09. The third kappa shape index (κ3) is 4.35. The first-order valence-electron chi connectivity index (χ1n) is 6.00. The van der Waals surface area contributed by atoms with Crippen LogP contribution in [0.4, 0.5) is 0 Å². The molecule has 4 nitrogen and oxygen atoms in total. The zero-order chi connectivity index (χ0) is 13.5. The lowest BCUT2D eigenvalue weighted by molar-refractivity contribution is -0.131. The second kappa shape index (κ2) is 6.44. The molecule has 2 aromatic rings. The zero-order valence-corrected chi connectivity index (χ0v) is 10.4. The van der Waals surface area contributed by atoms with Crippen molar-refractivity contribution in [3.8, 4) is 0 Å². The molecule has 1 N–H and O–H groups in total. The third-order valence-corrected chi connectivity index (χ3v) is 2.62. The van der Waals surface area contributed by atoms with Crippen LogP contribution in [0, 0.1) is 0 Å². The smallest absolute Gasteiger partial charge is 0.328 e. The van der Waals surface area contributed by atoms with E-state index in [1.807, 2.05) is 18.2 Å². The molecular formula is C15H14N2O2. The van der Waals surface area contributed by atoms with Gasteiger partial charge < -0.3 is 5.11 Å². The Hall–Kier alpha value is -2.49. The van der Waals surface area contributed by atoms with Crippen LogP contribution in [0.5, 0.6) is 0 Å². The first kappa shape index (κ1) is 13.0.